The van der Waals surface area contributed by atoms with E-state index >= 15 is 0 Å². The molecule has 1 fully saturated rings. The molecule has 0 spiro atoms. The van der Waals surface area contributed by atoms with E-state index in [2.05, 4.69) is 39.8 Å². The summed E-state index contributed by atoms with van der Waals surface area (Å²) in [5, 5.41) is 0.244. The zero-order chi connectivity index (χ0) is 11.9. The van der Waals surface area contributed by atoms with Crippen molar-refractivity contribution in [2.24, 2.45) is 0 Å². The molecule has 0 amide bonds. The molecule has 2 nitrogen and oxygen atoms in total. The first kappa shape index (κ1) is 12.8. The van der Waals surface area contributed by atoms with Crippen molar-refractivity contribution in [3.63, 3.8) is 0 Å². The summed E-state index contributed by atoms with van der Waals surface area (Å²) in [6.07, 6.45) is 5.46. The summed E-state index contributed by atoms with van der Waals surface area (Å²) in [7, 11) is -1.65. The molecule has 3 heteroatoms. The van der Waals surface area contributed by atoms with E-state index in [9.17, 15) is 0 Å². The Labute approximate surface area is 94.5 Å². The number of rotatable bonds is 3. The Morgan fingerprint density at radius 3 is 2.33 bits per heavy atom. The van der Waals surface area contributed by atoms with Crippen molar-refractivity contribution in [3.05, 3.63) is 0 Å². The highest BCUT2D eigenvalue weighted by Crippen LogP contribution is 2.40. The van der Waals surface area contributed by atoms with Gasteiger partial charge < -0.3 is 9.16 Å². The van der Waals surface area contributed by atoms with Gasteiger partial charge in [-0.2, -0.15) is 0 Å². The Morgan fingerprint density at radius 1 is 1.47 bits per heavy atom. The highest BCUT2D eigenvalue weighted by molar-refractivity contribution is 6.74. The number of hydrogen-bond acceptors (Lipinski definition) is 2. The normalized spacial score (nSPS) is 31.1. The Bertz CT molecular complexity index is 285. The quantitative estimate of drug-likeness (QED) is 0.419. The molecule has 1 rings (SSSR count). The van der Waals surface area contributed by atoms with Crippen LogP contribution in [-0.2, 0) is 9.16 Å². The van der Waals surface area contributed by atoms with E-state index in [1.807, 2.05) is 6.92 Å². The Kier molecular flexibility index (Phi) is 3.08. The van der Waals surface area contributed by atoms with E-state index in [4.69, 9.17) is 15.6 Å². The number of ether oxygens (including phenoxy) is 1. The maximum atomic E-state index is 6.03. The molecule has 0 N–H and O–H groups in total. The second kappa shape index (κ2) is 3.62. The summed E-state index contributed by atoms with van der Waals surface area (Å²) in [6.45, 7) is 13.7. The molecule has 0 aromatic rings. The molecule has 86 valence electrons. The third-order valence-electron chi connectivity index (χ3n) is 3.63. The SMILES string of the molecule is C#CC1(C)OC1CO[Si](C)(C)C(C)(C)C. The molecule has 0 bridgehead atoms. The minimum atomic E-state index is -1.65. The van der Waals surface area contributed by atoms with Gasteiger partial charge in [0, 0.05) is 0 Å². The molecule has 1 saturated heterocycles. The van der Waals surface area contributed by atoms with Crippen LogP contribution in [0.4, 0.5) is 0 Å². The predicted octanol–water partition coefficient (Wildman–Crippen LogP) is 2.80. The highest BCUT2D eigenvalue weighted by Gasteiger charge is 2.52. The van der Waals surface area contributed by atoms with E-state index < -0.39 is 8.32 Å². The lowest BCUT2D eigenvalue weighted by molar-refractivity contribution is 0.240. The van der Waals surface area contributed by atoms with E-state index in [1.54, 1.807) is 0 Å². The fraction of sp³-hybridized carbons (Fsp3) is 0.833. The molecule has 1 heterocycles. The van der Waals surface area contributed by atoms with Gasteiger partial charge in [0.1, 0.15) is 6.10 Å². The van der Waals surface area contributed by atoms with Gasteiger partial charge in [-0.25, -0.2) is 0 Å². The number of terminal acetylenes is 1. The van der Waals surface area contributed by atoms with Crippen molar-refractivity contribution >= 4 is 8.32 Å². The smallest absolute Gasteiger partial charge is 0.192 e. The molecule has 2 atom stereocenters. The zero-order valence-corrected chi connectivity index (χ0v) is 11.7. The van der Waals surface area contributed by atoms with Crippen molar-refractivity contribution in [3.8, 4) is 12.3 Å². The van der Waals surface area contributed by atoms with Gasteiger partial charge in [0.05, 0.1) is 6.61 Å². The molecular formula is C12H22O2Si. The minimum Gasteiger partial charge on any atom is -0.414 e. The zero-order valence-electron chi connectivity index (χ0n) is 10.7. The predicted molar refractivity (Wildman–Crippen MR) is 65.3 cm³/mol. The van der Waals surface area contributed by atoms with Gasteiger partial charge >= 0.3 is 0 Å². The second-order valence-electron chi connectivity index (χ2n) is 5.93. The van der Waals surface area contributed by atoms with Gasteiger partial charge in [0.15, 0.2) is 13.9 Å². The third kappa shape index (κ3) is 2.63. The van der Waals surface area contributed by atoms with Gasteiger partial charge in [-0.05, 0) is 25.1 Å². The third-order valence-corrected chi connectivity index (χ3v) is 8.13. The van der Waals surface area contributed by atoms with Crippen molar-refractivity contribution in [1.29, 1.82) is 0 Å². The first-order chi connectivity index (χ1) is 6.62. The minimum absolute atomic E-state index is 0.0941. The van der Waals surface area contributed by atoms with Crippen LogP contribution in [0.1, 0.15) is 27.7 Å². The lowest BCUT2D eigenvalue weighted by atomic mass is 10.1. The summed E-state index contributed by atoms with van der Waals surface area (Å²) >= 11 is 0. The second-order valence-corrected chi connectivity index (χ2v) is 10.7. The highest BCUT2D eigenvalue weighted by atomic mass is 28.4. The van der Waals surface area contributed by atoms with Crippen LogP contribution >= 0.6 is 0 Å². The fourth-order valence-corrected chi connectivity index (χ4v) is 2.08. The van der Waals surface area contributed by atoms with Crippen LogP contribution in [0.5, 0.6) is 0 Å². The summed E-state index contributed by atoms with van der Waals surface area (Å²) in [4.78, 5) is 0. The molecule has 1 aliphatic heterocycles. The summed E-state index contributed by atoms with van der Waals surface area (Å²) < 4.78 is 11.5. The molecule has 0 aromatic heterocycles. The standard InChI is InChI=1S/C12H22O2Si/c1-8-12(5)10(14-12)9-13-15(6,7)11(2,3)4/h1,10H,9H2,2-7H3. The van der Waals surface area contributed by atoms with Crippen LogP contribution in [0.15, 0.2) is 0 Å². The maximum absolute atomic E-state index is 6.03. The average molecular weight is 226 g/mol. The Hall–Kier alpha value is -0.303. The van der Waals surface area contributed by atoms with E-state index in [-0.39, 0.29) is 16.7 Å². The average Bonchev–Trinajstić information content (AvgIpc) is 2.73. The summed E-state index contributed by atoms with van der Waals surface area (Å²) in [5.74, 6) is 2.65. The topological polar surface area (TPSA) is 21.8 Å². The monoisotopic (exact) mass is 226 g/mol. The van der Waals surface area contributed by atoms with Crippen LogP contribution in [0, 0.1) is 12.3 Å². The first-order valence-corrected chi connectivity index (χ1v) is 8.33. The van der Waals surface area contributed by atoms with Gasteiger partial charge in [0.25, 0.3) is 0 Å². The molecule has 0 saturated carbocycles. The number of hydrogen-bond donors (Lipinski definition) is 0. The Balaban J connectivity index is 2.44. The largest absolute Gasteiger partial charge is 0.414 e. The lowest BCUT2D eigenvalue weighted by Crippen LogP contribution is -2.42. The van der Waals surface area contributed by atoms with Crippen molar-refractivity contribution < 1.29 is 9.16 Å². The lowest BCUT2D eigenvalue weighted by Gasteiger charge is -2.36. The fourth-order valence-electron chi connectivity index (χ4n) is 1.08. The van der Waals surface area contributed by atoms with Crippen LogP contribution in [0.3, 0.4) is 0 Å². The molecule has 2 unspecified atom stereocenters. The molecule has 1 aliphatic rings. The maximum Gasteiger partial charge on any atom is 0.192 e. The van der Waals surface area contributed by atoms with Crippen molar-refractivity contribution in [1.82, 2.24) is 0 Å². The molecule has 15 heavy (non-hydrogen) atoms. The molecule has 0 aliphatic carbocycles. The van der Waals surface area contributed by atoms with Crippen molar-refractivity contribution in [2.75, 3.05) is 6.61 Å². The van der Waals surface area contributed by atoms with Crippen LogP contribution in [0.2, 0.25) is 18.1 Å². The van der Waals surface area contributed by atoms with E-state index in [0.717, 1.165) is 0 Å². The Morgan fingerprint density at radius 2 is 2.00 bits per heavy atom. The van der Waals surface area contributed by atoms with Gasteiger partial charge in [-0.15, -0.1) is 6.42 Å². The van der Waals surface area contributed by atoms with Gasteiger partial charge in [0.2, 0.25) is 0 Å². The summed E-state index contributed by atoms with van der Waals surface area (Å²) in [5.41, 5.74) is -0.373. The molecular weight excluding hydrogens is 204 g/mol. The first-order valence-electron chi connectivity index (χ1n) is 5.42. The van der Waals surface area contributed by atoms with Crippen LogP contribution in [-0.4, -0.2) is 26.6 Å². The van der Waals surface area contributed by atoms with Crippen molar-refractivity contribution in [2.45, 2.75) is 57.5 Å². The van der Waals surface area contributed by atoms with E-state index in [1.165, 1.54) is 0 Å². The van der Waals surface area contributed by atoms with Gasteiger partial charge in [-0.3, -0.25) is 0 Å². The summed E-state index contributed by atoms with van der Waals surface area (Å²) in [6, 6.07) is 0. The van der Waals surface area contributed by atoms with Crippen LogP contribution in [0.25, 0.3) is 0 Å². The molecule has 0 radical (unpaired) electrons. The number of epoxide rings is 1. The molecule has 0 aromatic carbocycles. The van der Waals surface area contributed by atoms with Crippen LogP contribution < -0.4 is 0 Å². The van der Waals surface area contributed by atoms with Gasteiger partial charge in [-0.1, -0.05) is 26.7 Å². The van der Waals surface area contributed by atoms with E-state index in [0.29, 0.717) is 6.61 Å².